The summed E-state index contributed by atoms with van der Waals surface area (Å²) < 4.78 is 12.9. The molecular weight excluding hydrogens is 242 g/mol. The largest absolute Gasteiger partial charge is 0.383 e. The molecule has 19 heavy (non-hydrogen) atoms. The van der Waals surface area contributed by atoms with E-state index in [-0.39, 0.29) is 6.04 Å². The molecule has 1 aromatic heterocycles. The molecule has 1 fully saturated rings. The van der Waals surface area contributed by atoms with Crippen molar-refractivity contribution in [3.63, 3.8) is 0 Å². The third-order valence-electron chi connectivity index (χ3n) is 3.81. The van der Waals surface area contributed by atoms with Crippen LogP contribution in [0.2, 0.25) is 0 Å². The zero-order valence-corrected chi connectivity index (χ0v) is 12.3. The van der Waals surface area contributed by atoms with Crippen LogP contribution in [0.15, 0.2) is 6.20 Å². The van der Waals surface area contributed by atoms with E-state index in [2.05, 4.69) is 28.0 Å². The molecule has 1 aliphatic rings. The molecule has 1 aliphatic carbocycles. The van der Waals surface area contributed by atoms with Crippen molar-refractivity contribution in [1.29, 1.82) is 0 Å². The average Bonchev–Trinajstić information content (AvgIpc) is 2.96. The zero-order chi connectivity index (χ0) is 13.8. The Morgan fingerprint density at radius 3 is 2.95 bits per heavy atom. The number of nitrogens with one attached hydrogen (secondary N) is 1. The van der Waals surface area contributed by atoms with E-state index in [0.717, 1.165) is 24.5 Å². The molecule has 1 saturated carbocycles. The predicted octanol–water partition coefficient (Wildman–Crippen LogP) is 2.38. The van der Waals surface area contributed by atoms with Crippen LogP contribution in [0.1, 0.15) is 37.9 Å². The molecule has 1 aromatic rings. The number of methoxy groups -OCH3 is 2. The Bertz CT molecular complexity index is 405. The van der Waals surface area contributed by atoms with Gasteiger partial charge in [-0.25, -0.2) is 4.98 Å². The van der Waals surface area contributed by atoms with Crippen molar-refractivity contribution < 1.29 is 9.47 Å². The summed E-state index contributed by atoms with van der Waals surface area (Å²) >= 11 is 0. The molecule has 3 atom stereocenters. The SMILES string of the molecule is COCC(C)n1cc(C)nc1NC1CCCC1OC. The predicted molar refractivity (Wildman–Crippen MR) is 75.6 cm³/mol. The van der Waals surface area contributed by atoms with Gasteiger partial charge in [-0.15, -0.1) is 0 Å². The molecule has 0 aliphatic heterocycles. The third kappa shape index (κ3) is 3.28. The summed E-state index contributed by atoms with van der Waals surface area (Å²) in [5, 5.41) is 3.54. The number of ether oxygens (including phenoxy) is 2. The highest BCUT2D eigenvalue weighted by Gasteiger charge is 2.28. The minimum Gasteiger partial charge on any atom is -0.383 e. The average molecular weight is 267 g/mol. The number of aryl methyl sites for hydroxylation is 1. The van der Waals surface area contributed by atoms with Gasteiger partial charge in [-0.2, -0.15) is 0 Å². The Kier molecular flexibility index (Phi) is 4.82. The quantitative estimate of drug-likeness (QED) is 0.859. The van der Waals surface area contributed by atoms with Gasteiger partial charge in [0.05, 0.1) is 30.5 Å². The number of rotatable bonds is 6. The summed E-state index contributed by atoms with van der Waals surface area (Å²) in [6.07, 6.45) is 5.85. The molecule has 0 amide bonds. The summed E-state index contributed by atoms with van der Waals surface area (Å²) in [6.45, 7) is 4.84. The summed E-state index contributed by atoms with van der Waals surface area (Å²) in [4.78, 5) is 4.59. The van der Waals surface area contributed by atoms with Crippen molar-refractivity contribution >= 4 is 5.95 Å². The van der Waals surface area contributed by atoms with Crippen LogP contribution in [0.5, 0.6) is 0 Å². The topological polar surface area (TPSA) is 48.3 Å². The fraction of sp³-hybridized carbons (Fsp3) is 0.786. The summed E-state index contributed by atoms with van der Waals surface area (Å²) in [5.41, 5.74) is 1.03. The molecule has 0 bridgehead atoms. The normalized spacial score (nSPS) is 24.6. The zero-order valence-electron chi connectivity index (χ0n) is 12.3. The lowest BCUT2D eigenvalue weighted by Gasteiger charge is -2.22. The van der Waals surface area contributed by atoms with E-state index >= 15 is 0 Å². The maximum Gasteiger partial charge on any atom is 0.203 e. The van der Waals surface area contributed by atoms with Crippen molar-refractivity contribution in [2.75, 3.05) is 26.1 Å². The lowest BCUT2D eigenvalue weighted by molar-refractivity contribution is 0.100. The van der Waals surface area contributed by atoms with E-state index in [1.807, 2.05) is 6.92 Å². The van der Waals surface area contributed by atoms with Crippen LogP contribution >= 0.6 is 0 Å². The van der Waals surface area contributed by atoms with Gasteiger partial charge in [-0.05, 0) is 33.1 Å². The van der Waals surface area contributed by atoms with Gasteiger partial charge in [0.2, 0.25) is 5.95 Å². The highest BCUT2D eigenvalue weighted by Crippen LogP contribution is 2.26. The monoisotopic (exact) mass is 267 g/mol. The fourth-order valence-corrected chi connectivity index (χ4v) is 2.82. The maximum absolute atomic E-state index is 5.53. The summed E-state index contributed by atoms with van der Waals surface area (Å²) in [5.74, 6) is 0.927. The standard InChI is InChI=1S/C14H25N3O2/c1-10-8-17(11(2)9-18-3)14(15-10)16-12-6-5-7-13(12)19-4/h8,11-13H,5-7,9H2,1-4H3,(H,15,16). The second kappa shape index (κ2) is 6.39. The van der Waals surface area contributed by atoms with Gasteiger partial charge in [0.1, 0.15) is 0 Å². The summed E-state index contributed by atoms with van der Waals surface area (Å²) in [6, 6.07) is 0.636. The van der Waals surface area contributed by atoms with Gasteiger partial charge in [-0.1, -0.05) is 0 Å². The first-order valence-electron chi connectivity index (χ1n) is 6.99. The van der Waals surface area contributed by atoms with Crippen molar-refractivity contribution in [1.82, 2.24) is 9.55 Å². The molecule has 2 rings (SSSR count). The number of nitrogens with zero attached hydrogens (tertiary/aromatic N) is 2. The number of hydrogen-bond donors (Lipinski definition) is 1. The second-order valence-electron chi connectivity index (χ2n) is 5.37. The molecule has 3 unspecified atom stereocenters. The Labute approximate surface area is 115 Å². The van der Waals surface area contributed by atoms with E-state index < -0.39 is 0 Å². The van der Waals surface area contributed by atoms with E-state index in [9.17, 15) is 0 Å². The number of hydrogen-bond acceptors (Lipinski definition) is 4. The Balaban J connectivity index is 2.11. The van der Waals surface area contributed by atoms with Crippen molar-refractivity contribution in [3.8, 4) is 0 Å². The highest BCUT2D eigenvalue weighted by molar-refractivity contribution is 5.32. The third-order valence-corrected chi connectivity index (χ3v) is 3.81. The molecule has 0 aromatic carbocycles. The fourth-order valence-electron chi connectivity index (χ4n) is 2.82. The molecule has 108 valence electrons. The van der Waals surface area contributed by atoms with Crippen LogP contribution in [0.3, 0.4) is 0 Å². The van der Waals surface area contributed by atoms with Crippen LogP contribution < -0.4 is 5.32 Å². The molecule has 1 heterocycles. The lowest BCUT2D eigenvalue weighted by Crippen LogP contribution is -2.31. The summed E-state index contributed by atoms with van der Waals surface area (Å²) in [7, 11) is 3.52. The van der Waals surface area contributed by atoms with Gasteiger partial charge in [0.25, 0.3) is 0 Å². The van der Waals surface area contributed by atoms with E-state index in [1.165, 1.54) is 6.42 Å². The molecule has 0 spiro atoms. The molecule has 5 heteroatoms. The van der Waals surface area contributed by atoms with E-state index in [0.29, 0.717) is 18.8 Å². The van der Waals surface area contributed by atoms with Crippen molar-refractivity contribution in [2.45, 2.75) is 51.3 Å². The minimum absolute atomic E-state index is 0.274. The van der Waals surface area contributed by atoms with Gasteiger partial charge < -0.3 is 19.4 Å². The van der Waals surface area contributed by atoms with Gasteiger partial charge in [-0.3, -0.25) is 0 Å². The Hall–Kier alpha value is -1.07. The number of aromatic nitrogens is 2. The van der Waals surface area contributed by atoms with E-state index in [4.69, 9.17) is 9.47 Å². The van der Waals surface area contributed by atoms with Crippen LogP contribution in [0.25, 0.3) is 0 Å². The second-order valence-corrected chi connectivity index (χ2v) is 5.37. The molecule has 0 radical (unpaired) electrons. The first-order chi connectivity index (χ1) is 9.15. The number of imidazole rings is 1. The first-order valence-corrected chi connectivity index (χ1v) is 6.99. The van der Waals surface area contributed by atoms with Gasteiger partial charge in [0, 0.05) is 20.4 Å². The molecular formula is C14H25N3O2. The number of anilines is 1. The molecule has 0 saturated heterocycles. The van der Waals surface area contributed by atoms with Crippen LogP contribution in [0.4, 0.5) is 5.95 Å². The molecule has 5 nitrogen and oxygen atoms in total. The first kappa shape index (κ1) is 14.3. The lowest BCUT2D eigenvalue weighted by atomic mass is 10.2. The Morgan fingerprint density at radius 2 is 2.26 bits per heavy atom. The molecule has 1 N–H and O–H groups in total. The van der Waals surface area contributed by atoms with Crippen molar-refractivity contribution in [3.05, 3.63) is 11.9 Å². The smallest absolute Gasteiger partial charge is 0.203 e. The van der Waals surface area contributed by atoms with Crippen LogP contribution in [0, 0.1) is 6.92 Å². The maximum atomic E-state index is 5.53. The van der Waals surface area contributed by atoms with Crippen molar-refractivity contribution in [2.24, 2.45) is 0 Å². The highest BCUT2D eigenvalue weighted by atomic mass is 16.5. The van der Waals surface area contributed by atoms with E-state index in [1.54, 1.807) is 14.2 Å². The van der Waals surface area contributed by atoms with Crippen LogP contribution in [-0.2, 0) is 9.47 Å². The van der Waals surface area contributed by atoms with Gasteiger partial charge >= 0.3 is 0 Å². The van der Waals surface area contributed by atoms with Crippen LogP contribution in [-0.4, -0.2) is 42.5 Å². The minimum atomic E-state index is 0.274. The Morgan fingerprint density at radius 1 is 1.47 bits per heavy atom. The van der Waals surface area contributed by atoms with Gasteiger partial charge in [0.15, 0.2) is 0 Å².